The van der Waals surface area contributed by atoms with Crippen molar-refractivity contribution in [1.29, 1.82) is 0 Å². The van der Waals surface area contributed by atoms with E-state index in [2.05, 4.69) is 5.32 Å². The van der Waals surface area contributed by atoms with Gasteiger partial charge in [-0.15, -0.1) is 0 Å². The summed E-state index contributed by atoms with van der Waals surface area (Å²) in [6.07, 6.45) is 1.43. The molecule has 1 heterocycles. The standard InChI is InChI=1S/C23H25ClFN3O3/c1-4-6-20(29)26-16-10-9-14-12-19(22(30)27(2)3)28(13-15(14)11-16)23(31)21-17(24)7-5-8-18(21)25/h5,7-11,19H,4,6,12-13H2,1-3H3,(H,26,29)/t19-/m1/s1. The van der Waals surface area contributed by atoms with Crippen LogP contribution in [0, 0.1) is 5.82 Å². The van der Waals surface area contributed by atoms with Crippen LogP contribution in [-0.2, 0) is 22.6 Å². The largest absolute Gasteiger partial charge is 0.347 e. The van der Waals surface area contributed by atoms with Gasteiger partial charge >= 0.3 is 0 Å². The SMILES string of the molecule is CCCC(=O)Nc1ccc2c(c1)CN(C(=O)c1c(F)cccc1Cl)[C@@H](C(=O)N(C)C)C2. The Bertz CT molecular complexity index is 1000. The van der Waals surface area contributed by atoms with Crippen molar-refractivity contribution in [2.75, 3.05) is 19.4 Å². The van der Waals surface area contributed by atoms with Crippen molar-refractivity contribution < 1.29 is 18.8 Å². The fourth-order valence-corrected chi connectivity index (χ4v) is 3.93. The highest BCUT2D eigenvalue weighted by Crippen LogP contribution is 2.30. The van der Waals surface area contributed by atoms with Crippen LogP contribution in [0.2, 0.25) is 5.02 Å². The van der Waals surface area contributed by atoms with E-state index in [9.17, 15) is 18.8 Å². The van der Waals surface area contributed by atoms with E-state index < -0.39 is 17.8 Å². The molecule has 8 heteroatoms. The van der Waals surface area contributed by atoms with Gasteiger partial charge in [-0.1, -0.05) is 30.7 Å². The van der Waals surface area contributed by atoms with Crippen LogP contribution >= 0.6 is 11.6 Å². The van der Waals surface area contributed by atoms with E-state index in [0.29, 0.717) is 12.1 Å². The van der Waals surface area contributed by atoms with Crippen molar-refractivity contribution in [3.05, 3.63) is 63.9 Å². The molecule has 164 valence electrons. The van der Waals surface area contributed by atoms with Crippen LogP contribution in [-0.4, -0.2) is 47.7 Å². The zero-order valence-corrected chi connectivity index (χ0v) is 18.5. The number of hydrogen-bond donors (Lipinski definition) is 1. The van der Waals surface area contributed by atoms with E-state index in [4.69, 9.17) is 11.6 Å². The first-order chi connectivity index (χ1) is 14.7. The van der Waals surface area contributed by atoms with Crippen LogP contribution in [0.1, 0.15) is 41.3 Å². The monoisotopic (exact) mass is 445 g/mol. The summed E-state index contributed by atoms with van der Waals surface area (Å²) in [7, 11) is 3.23. The Labute approximate surface area is 186 Å². The Balaban J connectivity index is 1.98. The van der Waals surface area contributed by atoms with Crippen molar-refractivity contribution in [3.63, 3.8) is 0 Å². The van der Waals surface area contributed by atoms with Gasteiger partial charge in [0.05, 0.1) is 10.6 Å². The maximum absolute atomic E-state index is 14.4. The molecule has 0 saturated heterocycles. The van der Waals surface area contributed by atoms with Crippen LogP contribution < -0.4 is 5.32 Å². The van der Waals surface area contributed by atoms with Gasteiger partial charge in [0.15, 0.2) is 0 Å². The summed E-state index contributed by atoms with van der Waals surface area (Å²) < 4.78 is 14.4. The summed E-state index contributed by atoms with van der Waals surface area (Å²) in [5.41, 5.74) is 2.05. The third-order valence-corrected chi connectivity index (χ3v) is 5.58. The zero-order valence-electron chi connectivity index (χ0n) is 17.7. The normalized spacial score (nSPS) is 15.3. The van der Waals surface area contributed by atoms with Crippen molar-refractivity contribution in [3.8, 4) is 0 Å². The molecule has 1 aliphatic heterocycles. The number of hydrogen-bond acceptors (Lipinski definition) is 3. The minimum Gasteiger partial charge on any atom is -0.347 e. The second-order valence-corrected chi connectivity index (χ2v) is 8.17. The molecule has 0 spiro atoms. The van der Waals surface area contributed by atoms with E-state index in [1.165, 1.54) is 28.0 Å². The Morgan fingerprint density at radius 1 is 1.19 bits per heavy atom. The Kier molecular flexibility index (Phi) is 6.95. The number of fused-ring (bicyclic) bond motifs is 1. The van der Waals surface area contributed by atoms with E-state index in [-0.39, 0.29) is 35.4 Å². The number of nitrogens with one attached hydrogen (secondary N) is 1. The molecule has 0 aromatic heterocycles. The van der Waals surface area contributed by atoms with Crippen LogP contribution in [0.4, 0.5) is 10.1 Å². The molecule has 3 amide bonds. The Hall–Kier alpha value is -2.93. The van der Waals surface area contributed by atoms with Crippen LogP contribution in [0.25, 0.3) is 0 Å². The highest BCUT2D eigenvalue weighted by atomic mass is 35.5. The number of benzene rings is 2. The highest BCUT2D eigenvalue weighted by molar-refractivity contribution is 6.33. The highest BCUT2D eigenvalue weighted by Gasteiger charge is 2.37. The van der Waals surface area contributed by atoms with Gasteiger partial charge in [-0.3, -0.25) is 14.4 Å². The Morgan fingerprint density at radius 3 is 2.58 bits per heavy atom. The Morgan fingerprint density at radius 2 is 1.94 bits per heavy atom. The maximum atomic E-state index is 14.4. The number of halogens is 2. The van der Waals surface area contributed by atoms with Crippen molar-refractivity contribution in [2.24, 2.45) is 0 Å². The first-order valence-electron chi connectivity index (χ1n) is 10.1. The third-order valence-electron chi connectivity index (χ3n) is 5.26. The lowest BCUT2D eigenvalue weighted by Gasteiger charge is -2.37. The van der Waals surface area contributed by atoms with E-state index in [1.807, 2.05) is 13.0 Å². The molecule has 0 unspecified atom stereocenters. The topological polar surface area (TPSA) is 69.7 Å². The summed E-state index contributed by atoms with van der Waals surface area (Å²) >= 11 is 6.12. The molecule has 1 aliphatic rings. The van der Waals surface area contributed by atoms with Crippen LogP contribution in [0.5, 0.6) is 0 Å². The van der Waals surface area contributed by atoms with Gasteiger partial charge in [0.2, 0.25) is 11.8 Å². The first-order valence-corrected chi connectivity index (χ1v) is 10.5. The number of carbonyl (C=O) groups is 3. The number of likely N-dealkylation sites (N-methyl/N-ethyl adjacent to an activating group) is 1. The molecule has 1 N–H and O–H groups in total. The lowest BCUT2D eigenvalue weighted by Crippen LogP contribution is -2.52. The van der Waals surface area contributed by atoms with E-state index in [0.717, 1.165) is 17.5 Å². The number of anilines is 1. The van der Waals surface area contributed by atoms with E-state index >= 15 is 0 Å². The van der Waals surface area contributed by atoms with Gasteiger partial charge < -0.3 is 15.1 Å². The molecule has 0 aliphatic carbocycles. The molecule has 0 bridgehead atoms. The smallest absolute Gasteiger partial charge is 0.259 e. The van der Waals surface area contributed by atoms with Gasteiger partial charge in [-0.2, -0.15) is 0 Å². The molecule has 3 rings (SSSR count). The number of rotatable bonds is 5. The van der Waals surface area contributed by atoms with Gasteiger partial charge in [-0.05, 0) is 41.8 Å². The fourth-order valence-electron chi connectivity index (χ4n) is 3.69. The zero-order chi connectivity index (χ0) is 22.7. The summed E-state index contributed by atoms with van der Waals surface area (Å²) in [6, 6.07) is 8.68. The third kappa shape index (κ3) is 4.88. The molecule has 0 saturated carbocycles. The van der Waals surface area contributed by atoms with Gasteiger partial charge in [-0.25, -0.2) is 4.39 Å². The average Bonchev–Trinajstić information content (AvgIpc) is 2.72. The fraction of sp³-hybridized carbons (Fsp3) is 0.348. The molecule has 2 aromatic carbocycles. The molecule has 1 atom stereocenters. The van der Waals surface area contributed by atoms with Crippen LogP contribution in [0.3, 0.4) is 0 Å². The number of amides is 3. The summed E-state index contributed by atoms with van der Waals surface area (Å²) in [4.78, 5) is 40.9. The predicted molar refractivity (Wildman–Crippen MR) is 117 cm³/mol. The molecular weight excluding hydrogens is 421 g/mol. The summed E-state index contributed by atoms with van der Waals surface area (Å²) in [6.45, 7) is 2.02. The molecule has 2 aromatic rings. The lowest BCUT2D eigenvalue weighted by atomic mass is 9.92. The second kappa shape index (κ2) is 9.47. The first kappa shape index (κ1) is 22.7. The van der Waals surface area contributed by atoms with E-state index in [1.54, 1.807) is 26.2 Å². The van der Waals surface area contributed by atoms with Gasteiger partial charge in [0, 0.05) is 39.2 Å². The molecule has 31 heavy (non-hydrogen) atoms. The van der Waals surface area contributed by atoms with Crippen molar-refractivity contribution >= 4 is 35.0 Å². The van der Waals surface area contributed by atoms with Gasteiger partial charge in [0.25, 0.3) is 5.91 Å². The van der Waals surface area contributed by atoms with Crippen molar-refractivity contribution in [2.45, 2.75) is 38.8 Å². The minimum atomic E-state index is -0.786. The number of carbonyl (C=O) groups excluding carboxylic acids is 3. The van der Waals surface area contributed by atoms with Crippen LogP contribution in [0.15, 0.2) is 36.4 Å². The molecule has 0 fully saturated rings. The maximum Gasteiger partial charge on any atom is 0.259 e. The van der Waals surface area contributed by atoms with Crippen molar-refractivity contribution in [1.82, 2.24) is 9.80 Å². The molecule has 0 radical (unpaired) electrons. The summed E-state index contributed by atoms with van der Waals surface area (Å²) in [5, 5.41) is 2.83. The average molecular weight is 446 g/mol. The lowest BCUT2D eigenvalue weighted by molar-refractivity contribution is -0.134. The molecular formula is C23H25ClFN3O3. The predicted octanol–water partition coefficient (Wildman–Crippen LogP) is 3.87. The van der Waals surface area contributed by atoms with Gasteiger partial charge in [0.1, 0.15) is 11.9 Å². The summed E-state index contributed by atoms with van der Waals surface area (Å²) in [5.74, 6) is -1.73. The molecule has 6 nitrogen and oxygen atoms in total. The second-order valence-electron chi connectivity index (χ2n) is 7.76. The quantitative estimate of drug-likeness (QED) is 0.759. The minimum absolute atomic E-state index is 0.00701. The number of nitrogens with zero attached hydrogens (tertiary/aromatic N) is 2.